The number of aromatic nitrogens is 1. The van der Waals surface area contributed by atoms with Crippen molar-refractivity contribution in [2.24, 2.45) is 5.92 Å². The highest BCUT2D eigenvalue weighted by atomic mass is 16.2. The lowest BCUT2D eigenvalue weighted by molar-refractivity contribution is -0.123. The molecule has 0 radical (unpaired) electrons. The first-order valence-electron chi connectivity index (χ1n) is 7.38. The van der Waals surface area contributed by atoms with E-state index >= 15 is 0 Å². The lowest BCUT2D eigenvalue weighted by Crippen LogP contribution is -2.43. The molecule has 2 aromatic rings. The largest absolute Gasteiger partial charge is 0.358 e. The number of fused-ring (bicyclic) bond motifs is 1. The highest BCUT2D eigenvalue weighted by Crippen LogP contribution is 2.14. The minimum Gasteiger partial charge on any atom is -0.358 e. The number of benzene rings is 1. The highest BCUT2D eigenvalue weighted by molar-refractivity contribution is 5.81. The third kappa shape index (κ3) is 4.26. The van der Waals surface area contributed by atoms with Crippen LogP contribution in [0.25, 0.3) is 10.9 Å². The molecule has 1 aromatic heterocycles. The number of amides is 1. The Morgan fingerprint density at radius 2 is 2.10 bits per heavy atom. The van der Waals surface area contributed by atoms with Crippen molar-refractivity contribution in [3.8, 4) is 0 Å². The molecule has 1 unspecified atom stereocenters. The molecule has 0 bridgehead atoms. The van der Waals surface area contributed by atoms with E-state index in [0.29, 0.717) is 12.5 Å². The van der Waals surface area contributed by atoms with Crippen LogP contribution in [0.4, 0.5) is 0 Å². The molecule has 2 rings (SSSR count). The summed E-state index contributed by atoms with van der Waals surface area (Å²) in [5.41, 5.74) is 2.15. The first kappa shape index (κ1) is 15.4. The van der Waals surface area contributed by atoms with E-state index in [1.165, 1.54) is 0 Å². The first-order valence-corrected chi connectivity index (χ1v) is 7.38. The Bertz CT molecular complexity index is 610. The maximum absolute atomic E-state index is 11.9. The van der Waals surface area contributed by atoms with Crippen LogP contribution in [0.3, 0.4) is 0 Å². The standard InChI is InChI=1S/C17H23N3O/c1-12(2)9-16(17(21)18-3)20-11-13-6-7-15-14(10-13)5-4-8-19-15/h4-8,10,12,16,20H,9,11H2,1-3H3,(H,18,21). The van der Waals surface area contributed by atoms with E-state index in [2.05, 4.69) is 47.7 Å². The molecular formula is C17H23N3O. The molecule has 0 spiro atoms. The second-order valence-electron chi connectivity index (χ2n) is 5.71. The Labute approximate surface area is 126 Å². The Morgan fingerprint density at radius 3 is 2.81 bits per heavy atom. The Hall–Kier alpha value is -1.94. The van der Waals surface area contributed by atoms with Gasteiger partial charge in [0.05, 0.1) is 11.6 Å². The Balaban J connectivity index is 2.06. The van der Waals surface area contributed by atoms with Gasteiger partial charge in [0.2, 0.25) is 5.91 Å². The molecule has 1 heterocycles. The fraction of sp³-hybridized carbons (Fsp3) is 0.412. The number of nitrogens with zero attached hydrogens (tertiary/aromatic N) is 1. The van der Waals surface area contributed by atoms with E-state index in [-0.39, 0.29) is 11.9 Å². The lowest BCUT2D eigenvalue weighted by Gasteiger charge is -2.19. The molecule has 0 aliphatic rings. The quantitative estimate of drug-likeness (QED) is 0.857. The Morgan fingerprint density at radius 1 is 1.29 bits per heavy atom. The monoisotopic (exact) mass is 285 g/mol. The molecule has 0 aliphatic heterocycles. The number of nitrogens with one attached hydrogen (secondary N) is 2. The van der Waals surface area contributed by atoms with Gasteiger partial charge in [-0.1, -0.05) is 26.0 Å². The summed E-state index contributed by atoms with van der Waals surface area (Å²) in [5, 5.41) is 7.20. The smallest absolute Gasteiger partial charge is 0.236 e. The summed E-state index contributed by atoms with van der Waals surface area (Å²) in [6, 6.07) is 10.0. The second kappa shape index (κ2) is 7.18. The van der Waals surface area contributed by atoms with Crippen LogP contribution in [0.15, 0.2) is 36.5 Å². The number of pyridine rings is 1. The summed E-state index contributed by atoms with van der Waals surface area (Å²) >= 11 is 0. The van der Waals surface area contributed by atoms with Crippen molar-refractivity contribution in [3.63, 3.8) is 0 Å². The Kier molecular flexibility index (Phi) is 5.28. The minimum absolute atomic E-state index is 0.0474. The molecule has 0 aliphatic carbocycles. The van der Waals surface area contributed by atoms with E-state index < -0.39 is 0 Å². The number of hydrogen-bond acceptors (Lipinski definition) is 3. The maximum Gasteiger partial charge on any atom is 0.236 e. The summed E-state index contributed by atoms with van der Waals surface area (Å²) in [6.45, 7) is 4.92. The van der Waals surface area contributed by atoms with Gasteiger partial charge in [-0.25, -0.2) is 0 Å². The van der Waals surface area contributed by atoms with Gasteiger partial charge in [-0.2, -0.15) is 0 Å². The summed E-state index contributed by atoms with van der Waals surface area (Å²) in [6.07, 6.45) is 2.62. The van der Waals surface area contributed by atoms with Crippen LogP contribution >= 0.6 is 0 Å². The normalized spacial score (nSPS) is 12.6. The number of carbonyl (C=O) groups is 1. The van der Waals surface area contributed by atoms with Gasteiger partial charge < -0.3 is 10.6 Å². The van der Waals surface area contributed by atoms with Crippen molar-refractivity contribution in [3.05, 3.63) is 42.1 Å². The maximum atomic E-state index is 11.9. The van der Waals surface area contributed by atoms with Gasteiger partial charge in [0.1, 0.15) is 0 Å². The molecule has 1 atom stereocenters. The third-order valence-electron chi connectivity index (χ3n) is 3.49. The molecule has 0 fully saturated rings. The predicted molar refractivity (Wildman–Crippen MR) is 85.9 cm³/mol. The highest BCUT2D eigenvalue weighted by Gasteiger charge is 2.17. The molecule has 112 valence electrons. The first-order chi connectivity index (χ1) is 10.1. The van der Waals surface area contributed by atoms with E-state index in [1.54, 1.807) is 13.2 Å². The van der Waals surface area contributed by atoms with Gasteiger partial charge in [0.25, 0.3) is 0 Å². The van der Waals surface area contributed by atoms with E-state index in [1.807, 2.05) is 12.1 Å². The number of rotatable bonds is 6. The van der Waals surface area contributed by atoms with Crippen molar-refractivity contribution in [2.45, 2.75) is 32.9 Å². The summed E-state index contributed by atoms with van der Waals surface area (Å²) in [4.78, 5) is 16.2. The van der Waals surface area contributed by atoms with Crippen LogP contribution in [-0.4, -0.2) is 24.0 Å². The minimum atomic E-state index is -0.153. The van der Waals surface area contributed by atoms with Crippen molar-refractivity contribution in [2.75, 3.05) is 7.05 Å². The lowest BCUT2D eigenvalue weighted by atomic mass is 10.0. The van der Waals surface area contributed by atoms with Crippen LogP contribution in [0.5, 0.6) is 0 Å². The zero-order valence-corrected chi connectivity index (χ0v) is 12.9. The van der Waals surface area contributed by atoms with Crippen molar-refractivity contribution >= 4 is 16.8 Å². The van der Waals surface area contributed by atoms with Gasteiger partial charge in [0.15, 0.2) is 0 Å². The summed E-state index contributed by atoms with van der Waals surface area (Å²) < 4.78 is 0. The molecule has 0 saturated carbocycles. The molecule has 4 nitrogen and oxygen atoms in total. The van der Waals surface area contributed by atoms with Crippen molar-refractivity contribution in [1.29, 1.82) is 0 Å². The van der Waals surface area contributed by atoms with E-state index in [0.717, 1.165) is 22.9 Å². The number of carbonyl (C=O) groups excluding carboxylic acids is 1. The molecule has 0 saturated heterocycles. The van der Waals surface area contributed by atoms with Gasteiger partial charge in [-0.05, 0) is 36.1 Å². The molecule has 1 amide bonds. The fourth-order valence-corrected chi connectivity index (χ4v) is 2.40. The molecule has 1 aromatic carbocycles. The molecular weight excluding hydrogens is 262 g/mol. The fourth-order valence-electron chi connectivity index (χ4n) is 2.40. The zero-order valence-electron chi connectivity index (χ0n) is 12.9. The summed E-state index contributed by atoms with van der Waals surface area (Å²) in [7, 11) is 1.68. The van der Waals surface area contributed by atoms with Crippen LogP contribution in [-0.2, 0) is 11.3 Å². The van der Waals surface area contributed by atoms with E-state index in [9.17, 15) is 4.79 Å². The number of likely N-dealkylation sites (N-methyl/N-ethyl adjacent to an activating group) is 1. The van der Waals surface area contributed by atoms with Crippen LogP contribution < -0.4 is 10.6 Å². The van der Waals surface area contributed by atoms with Crippen molar-refractivity contribution < 1.29 is 4.79 Å². The molecule has 21 heavy (non-hydrogen) atoms. The van der Waals surface area contributed by atoms with Crippen LogP contribution in [0.1, 0.15) is 25.8 Å². The van der Waals surface area contributed by atoms with Crippen LogP contribution in [0.2, 0.25) is 0 Å². The average Bonchev–Trinajstić information content (AvgIpc) is 2.50. The molecule has 2 N–H and O–H groups in total. The van der Waals surface area contributed by atoms with E-state index in [4.69, 9.17) is 0 Å². The second-order valence-corrected chi connectivity index (χ2v) is 5.71. The molecule has 4 heteroatoms. The summed E-state index contributed by atoms with van der Waals surface area (Å²) in [5.74, 6) is 0.520. The topological polar surface area (TPSA) is 54.0 Å². The van der Waals surface area contributed by atoms with Gasteiger partial charge >= 0.3 is 0 Å². The SMILES string of the molecule is CNC(=O)C(CC(C)C)NCc1ccc2ncccc2c1. The third-order valence-corrected chi connectivity index (χ3v) is 3.49. The number of hydrogen-bond donors (Lipinski definition) is 2. The van der Waals surface area contributed by atoms with Gasteiger partial charge in [0, 0.05) is 25.2 Å². The van der Waals surface area contributed by atoms with Crippen molar-refractivity contribution in [1.82, 2.24) is 15.6 Å². The van der Waals surface area contributed by atoms with Crippen LogP contribution in [0, 0.1) is 5.92 Å². The predicted octanol–water partition coefficient (Wildman–Crippen LogP) is 2.49. The average molecular weight is 285 g/mol. The van der Waals surface area contributed by atoms with Gasteiger partial charge in [-0.3, -0.25) is 9.78 Å². The zero-order chi connectivity index (χ0) is 15.2. The van der Waals surface area contributed by atoms with Gasteiger partial charge in [-0.15, -0.1) is 0 Å².